The molecule has 6 nitrogen and oxygen atoms in total. The molecule has 0 bridgehead atoms. The van der Waals surface area contributed by atoms with Crippen molar-refractivity contribution in [1.29, 1.82) is 0 Å². The van der Waals surface area contributed by atoms with Gasteiger partial charge in [-0.2, -0.15) is 0 Å². The number of anilines is 1. The van der Waals surface area contributed by atoms with Gasteiger partial charge < -0.3 is 16.0 Å². The van der Waals surface area contributed by atoms with Crippen LogP contribution in [0.5, 0.6) is 0 Å². The van der Waals surface area contributed by atoms with Gasteiger partial charge in [0, 0.05) is 33.3 Å². The largest absolute Gasteiger partial charge is 0.359 e. The Morgan fingerprint density at radius 2 is 2.22 bits per heavy atom. The van der Waals surface area contributed by atoms with Gasteiger partial charge >= 0.3 is 0 Å². The summed E-state index contributed by atoms with van der Waals surface area (Å²) in [4.78, 5) is 19.7. The monoisotopic (exact) mass is 249 g/mol. The van der Waals surface area contributed by atoms with E-state index in [9.17, 15) is 4.79 Å². The third kappa shape index (κ3) is 4.82. The highest BCUT2D eigenvalue weighted by Crippen LogP contribution is 2.03. The summed E-state index contributed by atoms with van der Waals surface area (Å²) in [6.45, 7) is 2.47. The van der Waals surface area contributed by atoms with Crippen LogP contribution in [0.1, 0.15) is 12.0 Å². The predicted octanol–water partition coefficient (Wildman–Crippen LogP) is 0.513. The van der Waals surface area contributed by atoms with Crippen molar-refractivity contribution < 1.29 is 4.79 Å². The minimum absolute atomic E-state index is 0.0783. The topological polar surface area (TPSA) is 78.4 Å². The average molecular weight is 249 g/mol. The summed E-state index contributed by atoms with van der Waals surface area (Å²) in [5.41, 5.74) is 1.06. The van der Waals surface area contributed by atoms with Crippen LogP contribution in [-0.4, -0.2) is 37.5 Å². The van der Waals surface area contributed by atoms with Crippen molar-refractivity contribution in [3.05, 3.63) is 23.9 Å². The molecular weight excluding hydrogens is 230 g/mol. The molecule has 3 N–H and O–H groups in total. The molecular formula is C12H19N5O. The maximum atomic E-state index is 11.6. The van der Waals surface area contributed by atoms with Gasteiger partial charge in [0.15, 0.2) is 5.96 Å². The fraction of sp³-hybridized carbons (Fsp3) is 0.417. The van der Waals surface area contributed by atoms with Crippen LogP contribution in [0, 0.1) is 6.92 Å². The zero-order valence-electron chi connectivity index (χ0n) is 10.9. The van der Waals surface area contributed by atoms with Gasteiger partial charge in [-0.1, -0.05) is 6.07 Å². The van der Waals surface area contributed by atoms with Gasteiger partial charge in [-0.25, -0.2) is 4.98 Å². The van der Waals surface area contributed by atoms with Crippen molar-refractivity contribution in [1.82, 2.24) is 15.6 Å². The number of carbonyl (C=O) groups is 1. The number of aliphatic imine (C=N–C) groups is 1. The fourth-order valence-corrected chi connectivity index (χ4v) is 1.32. The molecule has 0 fully saturated rings. The minimum atomic E-state index is -0.0783. The minimum Gasteiger partial charge on any atom is -0.359 e. The van der Waals surface area contributed by atoms with Crippen LogP contribution in [0.3, 0.4) is 0 Å². The molecule has 0 atom stereocenters. The van der Waals surface area contributed by atoms with E-state index in [1.807, 2.05) is 13.0 Å². The van der Waals surface area contributed by atoms with Crippen LogP contribution in [-0.2, 0) is 4.79 Å². The zero-order valence-corrected chi connectivity index (χ0v) is 10.9. The molecule has 1 rings (SSSR count). The van der Waals surface area contributed by atoms with Gasteiger partial charge in [0.05, 0.1) is 0 Å². The van der Waals surface area contributed by atoms with Crippen LogP contribution in [0.2, 0.25) is 0 Å². The van der Waals surface area contributed by atoms with Gasteiger partial charge in [-0.3, -0.25) is 9.79 Å². The van der Waals surface area contributed by atoms with Crippen LogP contribution in [0.4, 0.5) is 5.82 Å². The molecule has 6 heteroatoms. The zero-order chi connectivity index (χ0) is 13.4. The Hall–Kier alpha value is -2.11. The number of amides is 1. The SMILES string of the molecule is CN=C(NC)NCCC(=O)Nc1ccc(C)cn1. The molecule has 0 aromatic carbocycles. The summed E-state index contributed by atoms with van der Waals surface area (Å²) < 4.78 is 0. The molecule has 0 aliphatic carbocycles. The quantitative estimate of drug-likeness (QED) is 0.537. The third-order valence-corrected chi connectivity index (χ3v) is 2.28. The molecule has 0 saturated heterocycles. The number of nitrogens with one attached hydrogen (secondary N) is 3. The second-order valence-corrected chi connectivity index (χ2v) is 3.77. The number of aryl methyl sites for hydroxylation is 1. The summed E-state index contributed by atoms with van der Waals surface area (Å²) >= 11 is 0. The van der Waals surface area contributed by atoms with Crippen LogP contribution < -0.4 is 16.0 Å². The fourth-order valence-electron chi connectivity index (χ4n) is 1.32. The first-order chi connectivity index (χ1) is 8.65. The molecule has 0 unspecified atom stereocenters. The molecule has 0 spiro atoms. The molecule has 0 saturated carbocycles. The van der Waals surface area contributed by atoms with E-state index >= 15 is 0 Å². The first kappa shape index (κ1) is 14.0. The van der Waals surface area contributed by atoms with Gasteiger partial charge in [0.2, 0.25) is 5.91 Å². The summed E-state index contributed by atoms with van der Waals surface area (Å²) in [5.74, 6) is 1.16. The Balaban J connectivity index is 2.32. The van der Waals surface area contributed by atoms with Crippen molar-refractivity contribution in [2.45, 2.75) is 13.3 Å². The van der Waals surface area contributed by atoms with Gasteiger partial charge in [-0.05, 0) is 18.6 Å². The summed E-state index contributed by atoms with van der Waals surface area (Å²) in [6, 6.07) is 3.69. The van der Waals surface area contributed by atoms with Crippen molar-refractivity contribution in [2.75, 3.05) is 26.0 Å². The Kier molecular flexibility index (Phi) is 5.63. The highest BCUT2D eigenvalue weighted by molar-refractivity contribution is 5.90. The molecule has 1 aromatic heterocycles. The Morgan fingerprint density at radius 1 is 1.44 bits per heavy atom. The Labute approximate surface area is 107 Å². The van der Waals surface area contributed by atoms with E-state index in [-0.39, 0.29) is 5.91 Å². The van der Waals surface area contributed by atoms with E-state index in [1.54, 1.807) is 26.4 Å². The lowest BCUT2D eigenvalue weighted by Gasteiger charge is -2.08. The summed E-state index contributed by atoms with van der Waals surface area (Å²) in [6.07, 6.45) is 2.08. The van der Waals surface area contributed by atoms with Crippen molar-refractivity contribution in [2.24, 2.45) is 4.99 Å². The Morgan fingerprint density at radius 3 is 2.78 bits per heavy atom. The molecule has 0 aliphatic heterocycles. The standard InChI is InChI=1S/C12H19N5O/c1-9-4-5-10(16-8-9)17-11(18)6-7-15-12(13-2)14-3/h4-5,8H,6-7H2,1-3H3,(H2,13,14,15)(H,16,17,18). The normalized spacial score (nSPS) is 10.9. The van der Waals surface area contributed by atoms with Gasteiger partial charge in [0.25, 0.3) is 0 Å². The molecule has 0 aliphatic rings. The Bertz CT molecular complexity index is 413. The van der Waals surface area contributed by atoms with Crippen LogP contribution in [0.25, 0.3) is 0 Å². The summed E-state index contributed by atoms with van der Waals surface area (Å²) in [5, 5.41) is 8.61. The number of rotatable bonds is 4. The van der Waals surface area contributed by atoms with E-state index < -0.39 is 0 Å². The van der Waals surface area contributed by atoms with E-state index in [0.29, 0.717) is 24.7 Å². The lowest BCUT2D eigenvalue weighted by molar-refractivity contribution is -0.116. The first-order valence-electron chi connectivity index (χ1n) is 5.76. The van der Waals surface area contributed by atoms with Crippen LogP contribution >= 0.6 is 0 Å². The predicted molar refractivity (Wildman–Crippen MR) is 72.6 cm³/mol. The number of guanidine groups is 1. The highest BCUT2D eigenvalue weighted by Gasteiger charge is 2.03. The van der Waals surface area contributed by atoms with Crippen LogP contribution in [0.15, 0.2) is 23.3 Å². The summed E-state index contributed by atoms with van der Waals surface area (Å²) in [7, 11) is 3.45. The second-order valence-electron chi connectivity index (χ2n) is 3.77. The molecule has 98 valence electrons. The smallest absolute Gasteiger partial charge is 0.227 e. The lowest BCUT2D eigenvalue weighted by atomic mass is 10.3. The second kappa shape index (κ2) is 7.26. The number of pyridine rings is 1. The van der Waals surface area contributed by atoms with Gasteiger partial charge in [0.1, 0.15) is 5.82 Å². The number of hydrogen-bond donors (Lipinski definition) is 3. The number of nitrogens with zero attached hydrogens (tertiary/aromatic N) is 2. The lowest BCUT2D eigenvalue weighted by Crippen LogP contribution is -2.36. The maximum absolute atomic E-state index is 11.6. The average Bonchev–Trinajstić information content (AvgIpc) is 2.37. The third-order valence-electron chi connectivity index (χ3n) is 2.28. The molecule has 0 radical (unpaired) electrons. The van der Waals surface area contributed by atoms with Crippen molar-refractivity contribution in [3.63, 3.8) is 0 Å². The van der Waals surface area contributed by atoms with E-state index in [2.05, 4.69) is 25.9 Å². The molecule has 1 heterocycles. The molecule has 18 heavy (non-hydrogen) atoms. The molecule has 1 amide bonds. The van der Waals surface area contributed by atoms with Crippen molar-refractivity contribution >= 4 is 17.7 Å². The highest BCUT2D eigenvalue weighted by atomic mass is 16.1. The number of hydrogen-bond acceptors (Lipinski definition) is 3. The number of carbonyl (C=O) groups excluding carboxylic acids is 1. The van der Waals surface area contributed by atoms with Gasteiger partial charge in [-0.15, -0.1) is 0 Å². The first-order valence-corrected chi connectivity index (χ1v) is 5.76. The van der Waals surface area contributed by atoms with E-state index in [0.717, 1.165) is 5.56 Å². The maximum Gasteiger partial charge on any atom is 0.227 e. The van der Waals surface area contributed by atoms with E-state index in [1.165, 1.54) is 0 Å². The number of aromatic nitrogens is 1. The van der Waals surface area contributed by atoms with E-state index in [4.69, 9.17) is 0 Å². The van der Waals surface area contributed by atoms with Crippen molar-refractivity contribution in [3.8, 4) is 0 Å². The molecule has 1 aromatic rings.